The summed E-state index contributed by atoms with van der Waals surface area (Å²) in [5.74, 6) is -0.248. The Morgan fingerprint density at radius 2 is 1.89 bits per heavy atom. The number of hydrogen-bond acceptors (Lipinski definition) is 2. The molecule has 0 saturated carbocycles. The van der Waals surface area contributed by atoms with E-state index >= 15 is 0 Å². The smallest absolute Gasteiger partial charge is 0.123 e. The van der Waals surface area contributed by atoms with Crippen molar-refractivity contribution in [2.24, 2.45) is 0 Å². The predicted molar refractivity (Wildman–Crippen MR) is 66.1 cm³/mol. The molecule has 0 saturated heterocycles. The summed E-state index contributed by atoms with van der Waals surface area (Å²) in [6.45, 7) is -0.0312. The number of aliphatic hydroxyl groups excluding tert-OH is 1. The number of nitrogens with zero attached hydrogens (tertiary/aromatic N) is 2. The molecule has 3 nitrogen and oxygen atoms in total. The molecule has 0 spiro atoms. The maximum absolute atomic E-state index is 12.9. The van der Waals surface area contributed by atoms with Gasteiger partial charge in [0, 0.05) is 5.69 Å². The van der Waals surface area contributed by atoms with E-state index in [2.05, 4.69) is 5.10 Å². The topological polar surface area (TPSA) is 38.1 Å². The van der Waals surface area contributed by atoms with Crippen molar-refractivity contribution in [2.75, 3.05) is 0 Å². The zero-order valence-corrected chi connectivity index (χ0v) is 10.1. The van der Waals surface area contributed by atoms with E-state index in [0.29, 0.717) is 0 Å². The largest absolute Gasteiger partial charge is 0.390 e. The van der Waals surface area contributed by atoms with E-state index < -0.39 is 0 Å². The van der Waals surface area contributed by atoms with Crippen molar-refractivity contribution in [3.8, 4) is 5.69 Å². The lowest BCUT2D eigenvalue weighted by atomic mass is 9.96. The Labute approximate surface area is 105 Å². The monoisotopic (exact) mass is 246 g/mol. The average Bonchev–Trinajstić information content (AvgIpc) is 2.79. The van der Waals surface area contributed by atoms with E-state index in [4.69, 9.17) is 0 Å². The first-order valence-electron chi connectivity index (χ1n) is 6.26. The number of hydrogen-bond donors (Lipinski definition) is 1. The Bertz CT molecular complexity index is 560. The van der Waals surface area contributed by atoms with Crippen molar-refractivity contribution < 1.29 is 9.50 Å². The second kappa shape index (κ2) is 4.53. The Kier molecular flexibility index (Phi) is 2.88. The fourth-order valence-corrected chi connectivity index (χ4v) is 2.60. The fourth-order valence-electron chi connectivity index (χ4n) is 2.60. The van der Waals surface area contributed by atoms with Crippen LogP contribution in [0.15, 0.2) is 24.3 Å². The van der Waals surface area contributed by atoms with Crippen LogP contribution in [0.2, 0.25) is 0 Å². The lowest BCUT2D eigenvalue weighted by Crippen LogP contribution is -2.07. The Balaban J connectivity index is 2.11. The normalized spacial score (nSPS) is 14.6. The minimum absolute atomic E-state index is 0.0312. The van der Waals surface area contributed by atoms with Crippen molar-refractivity contribution in [1.29, 1.82) is 0 Å². The van der Waals surface area contributed by atoms with Gasteiger partial charge in [-0.1, -0.05) is 0 Å². The highest BCUT2D eigenvalue weighted by molar-refractivity contribution is 5.38. The molecule has 1 aromatic heterocycles. The van der Waals surface area contributed by atoms with Gasteiger partial charge in [-0.15, -0.1) is 0 Å². The number of aromatic nitrogens is 2. The third-order valence-electron chi connectivity index (χ3n) is 3.48. The third-order valence-corrected chi connectivity index (χ3v) is 3.48. The average molecular weight is 246 g/mol. The lowest BCUT2D eigenvalue weighted by Gasteiger charge is -2.14. The number of rotatable bonds is 2. The van der Waals surface area contributed by atoms with Crippen molar-refractivity contribution in [3.63, 3.8) is 0 Å². The summed E-state index contributed by atoms with van der Waals surface area (Å²) in [5.41, 5.74) is 3.95. The summed E-state index contributed by atoms with van der Waals surface area (Å²) in [5, 5.41) is 13.8. The molecule has 1 aliphatic carbocycles. The molecular formula is C14H15FN2O. The van der Waals surface area contributed by atoms with Gasteiger partial charge in [-0.05, 0) is 55.5 Å². The second-order valence-electron chi connectivity index (χ2n) is 4.63. The summed E-state index contributed by atoms with van der Waals surface area (Å²) in [4.78, 5) is 0. The van der Waals surface area contributed by atoms with E-state index in [-0.39, 0.29) is 12.4 Å². The van der Waals surface area contributed by atoms with Crippen LogP contribution in [0, 0.1) is 5.82 Å². The summed E-state index contributed by atoms with van der Waals surface area (Å²) < 4.78 is 14.8. The molecule has 0 amide bonds. The van der Waals surface area contributed by atoms with Gasteiger partial charge in [0.15, 0.2) is 0 Å². The first-order chi connectivity index (χ1) is 8.79. The van der Waals surface area contributed by atoms with Gasteiger partial charge in [0.05, 0.1) is 18.0 Å². The van der Waals surface area contributed by atoms with E-state index in [0.717, 1.165) is 42.8 Å². The van der Waals surface area contributed by atoms with Crippen LogP contribution in [0.1, 0.15) is 29.8 Å². The van der Waals surface area contributed by atoms with Crippen LogP contribution in [0.25, 0.3) is 5.69 Å². The van der Waals surface area contributed by atoms with E-state index in [1.54, 1.807) is 12.1 Å². The van der Waals surface area contributed by atoms with Crippen LogP contribution in [0.4, 0.5) is 4.39 Å². The predicted octanol–water partition coefficient (Wildman–Crippen LogP) is 2.38. The number of halogens is 1. The van der Waals surface area contributed by atoms with Gasteiger partial charge in [0.25, 0.3) is 0 Å². The molecule has 1 aromatic carbocycles. The molecular weight excluding hydrogens is 231 g/mol. The molecule has 4 heteroatoms. The zero-order chi connectivity index (χ0) is 12.5. The molecule has 0 aliphatic heterocycles. The Morgan fingerprint density at radius 3 is 2.61 bits per heavy atom. The molecule has 1 heterocycles. The maximum atomic E-state index is 12.9. The summed E-state index contributed by atoms with van der Waals surface area (Å²) in [7, 11) is 0. The van der Waals surface area contributed by atoms with Crippen molar-refractivity contribution >= 4 is 0 Å². The van der Waals surface area contributed by atoms with Crippen LogP contribution in [-0.4, -0.2) is 14.9 Å². The third kappa shape index (κ3) is 1.82. The highest BCUT2D eigenvalue weighted by Crippen LogP contribution is 2.26. The number of benzene rings is 1. The van der Waals surface area contributed by atoms with Gasteiger partial charge >= 0.3 is 0 Å². The lowest BCUT2D eigenvalue weighted by molar-refractivity contribution is 0.275. The highest BCUT2D eigenvalue weighted by Gasteiger charge is 2.20. The van der Waals surface area contributed by atoms with Gasteiger partial charge in [0.1, 0.15) is 5.82 Å². The van der Waals surface area contributed by atoms with Crippen molar-refractivity contribution in [2.45, 2.75) is 32.3 Å². The van der Waals surface area contributed by atoms with Crippen molar-refractivity contribution in [3.05, 3.63) is 47.0 Å². The van der Waals surface area contributed by atoms with Gasteiger partial charge in [0.2, 0.25) is 0 Å². The SMILES string of the molecule is OCc1nn(-c2ccc(F)cc2)c2c1CCCC2. The highest BCUT2D eigenvalue weighted by atomic mass is 19.1. The van der Waals surface area contributed by atoms with Gasteiger partial charge < -0.3 is 5.11 Å². The van der Waals surface area contributed by atoms with Crippen LogP contribution in [0.5, 0.6) is 0 Å². The molecule has 0 radical (unpaired) electrons. The molecule has 1 aliphatic rings. The van der Waals surface area contributed by atoms with E-state index in [1.807, 2.05) is 4.68 Å². The summed E-state index contributed by atoms with van der Waals surface area (Å²) >= 11 is 0. The van der Waals surface area contributed by atoms with Crippen LogP contribution >= 0.6 is 0 Å². The first-order valence-corrected chi connectivity index (χ1v) is 6.26. The van der Waals surface area contributed by atoms with Crippen LogP contribution in [-0.2, 0) is 19.4 Å². The van der Waals surface area contributed by atoms with Crippen molar-refractivity contribution in [1.82, 2.24) is 9.78 Å². The van der Waals surface area contributed by atoms with E-state index in [9.17, 15) is 9.50 Å². The maximum Gasteiger partial charge on any atom is 0.123 e. The standard InChI is InChI=1S/C14H15FN2O/c15-10-5-7-11(8-6-10)17-14-4-2-1-3-12(14)13(9-18)16-17/h5-8,18H,1-4,9H2. The van der Waals surface area contributed by atoms with Gasteiger partial charge in [-0.2, -0.15) is 5.10 Å². The van der Waals surface area contributed by atoms with Crippen LogP contribution < -0.4 is 0 Å². The molecule has 0 fully saturated rings. The molecule has 1 N–H and O–H groups in total. The molecule has 2 aromatic rings. The second-order valence-corrected chi connectivity index (χ2v) is 4.63. The number of fused-ring (bicyclic) bond motifs is 1. The first kappa shape index (κ1) is 11.4. The minimum Gasteiger partial charge on any atom is -0.390 e. The molecule has 0 unspecified atom stereocenters. The number of aliphatic hydroxyl groups is 1. The molecule has 0 atom stereocenters. The van der Waals surface area contributed by atoms with E-state index in [1.165, 1.54) is 17.7 Å². The minimum atomic E-state index is -0.248. The summed E-state index contributed by atoms with van der Waals surface area (Å²) in [6.07, 6.45) is 4.24. The molecule has 3 rings (SSSR count). The fraction of sp³-hybridized carbons (Fsp3) is 0.357. The Morgan fingerprint density at radius 1 is 1.17 bits per heavy atom. The zero-order valence-electron chi connectivity index (χ0n) is 10.1. The Hall–Kier alpha value is -1.68. The van der Waals surface area contributed by atoms with Gasteiger partial charge in [-0.25, -0.2) is 9.07 Å². The molecule has 0 bridgehead atoms. The summed E-state index contributed by atoms with van der Waals surface area (Å²) in [6, 6.07) is 6.31. The van der Waals surface area contributed by atoms with Crippen LogP contribution in [0.3, 0.4) is 0 Å². The molecule has 18 heavy (non-hydrogen) atoms. The quantitative estimate of drug-likeness (QED) is 0.883. The van der Waals surface area contributed by atoms with Gasteiger partial charge in [-0.3, -0.25) is 0 Å². The molecule has 94 valence electrons.